The first-order chi connectivity index (χ1) is 16.2. The second kappa shape index (κ2) is 12.3. The van der Waals surface area contributed by atoms with Gasteiger partial charge < -0.3 is 10.2 Å². The minimum absolute atomic E-state index is 0.0215. The van der Waals surface area contributed by atoms with Crippen molar-refractivity contribution in [1.82, 2.24) is 10.2 Å². The number of halogens is 3. The number of carbonyl (C=O) groups excluding carboxylic acids is 2. The summed E-state index contributed by atoms with van der Waals surface area (Å²) < 4.78 is 0. The van der Waals surface area contributed by atoms with Crippen molar-refractivity contribution < 1.29 is 9.59 Å². The van der Waals surface area contributed by atoms with E-state index in [9.17, 15) is 9.59 Å². The highest BCUT2D eigenvalue weighted by atomic mass is 35.5. The van der Waals surface area contributed by atoms with Crippen LogP contribution in [0.4, 0.5) is 0 Å². The van der Waals surface area contributed by atoms with Crippen LogP contribution in [0, 0.1) is 0 Å². The highest BCUT2D eigenvalue weighted by Gasteiger charge is 2.31. The van der Waals surface area contributed by atoms with Gasteiger partial charge in [-0.25, -0.2) is 0 Å². The highest BCUT2D eigenvalue weighted by molar-refractivity contribution is 6.36. The molecule has 0 aliphatic heterocycles. The van der Waals surface area contributed by atoms with Gasteiger partial charge in [-0.3, -0.25) is 9.59 Å². The summed E-state index contributed by atoms with van der Waals surface area (Å²) in [7, 11) is 0. The van der Waals surface area contributed by atoms with Gasteiger partial charge in [0.05, 0.1) is 6.42 Å². The Labute approximate surface area is 215 Å². The molecule has 0 radical (unpaired) electrons. The molecule has 3 aromatic carbocycles. The molecule has 2 amide bonds. The third-order valence-corrected chi connectivity index (χ3v) is 6.32. The zero-order valence-electron chi connectivity index (χ0n) is 19.1. The zero-order chi connectivity index (χ0) is 24.7. The lowest BCUT2D eigenvalue weighted by atomic mass is 10.0. The third-order valence-electron chi connectivity index (χ3n) is 5.36. The number of nitrogens with zero attached hydrogens (tertiary/aromatic N) is 1. The molecule has 0 spiro atoms. The van der Waals surface area contributed by atoms with Crippen molar-refractivity contribution in [3.05, 3.63) is 105 Å². The largest absolute Gasteiger partial charge is 0.352 e. The van der Waals surface area contributed by atoms with Gasteiger partial charge in [0.2, 0.25) is 11.8 Å². The van der Waals surface area contributed by atoms with Crippen molar-refractivity contribution in [2.75, 3.05) is 0 Å². The summed E-state index contributed by atoms with van der Waals surface area (Å²) in [4.78, 5) is 28.7. The van der Waals surface area contributed by atoms with Crippen molar-refractivity contribution in [2.24, 2.45) is 0 Å². The summed E-state index contributed by atoms with van der Waals surface area (Å²) in [5.74, 6) is -0.462. The maximum atomic E-state index is 13.7. The molecule has 34 heavy (non-hydrogen) atoms. The van der Waals surface area contributed by atoms with Crippen molar-refractivity contribution in [1.29, 1.82) is 0 Å². The topological polar surface area (TPSA) is 49.4 Å². The molecular formula is C27H27Cl3N2O2. The lowest BCUT2D eigenvalue weighted by molar-refractivity contribution is -0.141. The molecule has 0 unspecified atom stereocenters. The lowest BCUT2D eigenvalue weighted by Crippen LogP contribution is -2.52. The van der Waals surface area contributed by atoms with E-state index in [1.165, 1.54) is 0 Å². The van der Waals surface area contributed by atoms with E-state index in [1.807, 2.05) is 56.3 Å². The minimum Gasteiger partial charge on any atom is -0.352 e. The fourth-order valence-corrected chi connectivity index (χ4v) is 4.33. The van der Waals surface area contributed by atoms with Crippen LogP contribution in [0.15, 0.2) is 72.8 Å². The van der Waals surface area contributed by atoms with E-state index in [0.29, 0.717) is 27.1 Å². The van der Waals surface area contributed by atoms with E-state index in [1.54, 1.807) is 35.2 Å². The first kappa shape index (κ1) is 26.1. The fourth-order valence-electron chi connectivity index (χ4n) is 3.68. The third kappa shape index (κ3) is 7.23. The van der Waals surface area contributed by atoms with Crippen molar-refractivity contribution in [3.8, 4) is 0 Å². The Morgan fingerprint density at radius 1 is 0.824 bits per heavy atom. The number of rotatable bonds is 9. The van der Waals surface area contributed by atoms with Gasteiger partial charge in [-0.1, -0.05) is 83.3 Å². The maximum absolute atomic E-state index is 13.7. The molecule has 178 valence electrons. The number of benzene rings is 3. The van der Waals surface area contributed by atoms with Crippen LogP contribution in [0.3, 0.4) is 0 Å². The van der Waals surface area contributed by atoms with Gasteiger partial charge in [0.1, 0.15) is 6.04 Å². The van der Waals surface area contributed by atoms with E-state index in [2.05, 4.69) is 5.32 Å². The SMILES string of the molecule is CC(C)NC(=O)[C@H](Cc1ccccc1)N(Cc1ccc(Cl)cc1)C(=O)Cc1c(Cl)cccc1Cl. The first-order valence-corrected chi connectivity index (χ1v) is 12.2. The van der Waals surface area contributed by atoms with E-state index in [0.717, 1.165) is 11.1 Å². The van der Waals surface area contributed by atoms with Crippen LogP contribution in [0.1, 0.15) is 30.5 Å². The van der Waals surface area contributed by atoms with Gasteiger partial charge in [0.15, 0.2) is 0 Å². The van der Waals surface area contributed by atoms with Crippen LogP contribution in [0.25, 0.3) is 0 Å². The molecule has 0 bridgehead atoms. The summed E-state index contributed by atoms with van der Waals surface area (Å²) in [6, 6.07) is 21.2. The van der Waals surface area contributed by atoms with Crippen molar-refractivity contribution in [2.45, 2.75) is 45.3 Å². The molecule has 0 heterocycles. The highest BCUT2D eigenvalue weighted by Crippen LogP contribution is 2.26. The van der Waals surface area contributed by atoms with E-state index >= 15 is 0 Å². The maximum Gasteiger partial charge on any atom is 0.243 e. The Morgan fingerprint density at radius 2 is 1.44 bits per heavy atom. The van der Waals surface area contributed by atoms with Gasteiger partial charge in [0, 0.05) is 34.1 Å². The van der Waals surface area contributed by atoms with Gasteiger partial charge in [0.25, 0.3) is 0 Å². The minimum atomic E-state index is -0.728. The van der Waals surface area contributed by atoms with Crippen LogP contribution < -0.4 is 5.32 Å². The number of hydrogen-bond acceptors (Lipinski definition) is 2. The van der Waals surface area contributed by atoms with E-state index < -0.39 is 6.04 Å². The molecule has 1 atom stereocenters. The van der Waals surface area contributed by atoms with Gasteiger partial charge in [-0.15, -0.1) is 0 Å². The molecule has 0 saturated carbocycles. The second-order valence-corrected chi connectivity index (χ2v) is 9.64. The molecular weight excluding hydrogens is 491 g/mol. The molecule has 4 nitrogen and oxygen atoms in total. The predicted octanol–water partition coefficient (Wildman–Crippen LogP) is 6.35. The Hall–Kier alpha value is -2.53. The van der Waals surface area contributed by atoms with Crippen LogP contribution in [-0.2, 0) is 29.0 Å². The van der Waals surface area contributed by atoms with Crippen LogP contribution >= 0.6 is 34.8 Å². The summed E-state index contributed by atoms with van der Waals surface area (Å²) in [6.45, 7) is 4.03. The normalized spacial score (nSPS) is 11.8. The smallest absolute Gasteiger partial charge is 0.243 e. The Morgan fingerprint density at radius 3 is 2.03 bits per heavy atom. The molecule has 3 aromatic rings. The van der Waals surface area contributed by atoms with Gasteiger partial charge in [-0.2, -0.15) is 0 Å². The molecule has 0 aliphatic carbocycles. The monoisotopic (exact) mass is 516 g/mol. The fraction of sp³-hybridized carbons (Fsp3) is 0.259. The molecule has 0 saturated heterocycles. The van der Waals surface area contributed by atoms with Crippen LogP contribution in [0.5, 0.6) is 0 Å². The summed E-state index contributed by atoms with van der Waals surface area (Å²) >= 11 is 18.8. The molecule has 3 rings (SSSR count). The summed E-state index contributed by atoms with van der Waals surface area (Å²) in [6.07, 6.45) is 0.349. The number of carbonyl (C=O) groups is 2. The lowest BCUT2D eigenvalue weighted by Gasteiger charge is -2.32. The zero-order valence-corrected chi connectivity index (χ0v) is 21.4. The van der Waals surface area contributed by atoms with Crippen LogP contribution in [0.2, 0.25) is 15.1 Å². The number of amides is 2. The molecule has 1 N–H and O–H groups in total. The molecule has 0 fully saturated rings. The standard InChI is InChI=1S/C27H27Cl3N2O2/c1-18(2)31-27(34)25(15-19-7-4-3-5-8-19)32(17-20-11-13-21(28)14-12-20)26(33)16-22-23(29)9-6-10-24(22)30/h3-14,18,25H,15-17H2,1-2H3,(H,31,34)/t25-/m0/s1. The van der Waals surface area contributed by atoms with Gasteiger partial charge in [-0.05, 0) is 54.8 Å². The molecule has 0 aromatic heterocycles. The first-order valence-electron chi connectivity index (χ1n) is 11.1. The Balaban J connectivity index is 2.00. The van der Waals surface area contributed by atoms with E-state index in [-0.39, 0.29) is 30.8 Å². The summed E-state index contributed by atoms with van der Waals surface area (Å²) in [5.41, 5.74) is 2.36. The average molecular weight is 518 g/mol. The van der Waals surface area contributed by atoms with Crippen molar-refractivity contribution in [3.63, 3.8) is 0 Å². The summed E-state index contributed by atoms with van der Waals surface area (Å²) in [5, 5.41) is 4.40. The molecule has 0 aliphatic rings. The van der Waals surface area contributed by atoms with Crippen molar-refractivity contribution >= 4 is 46.6 Å². The predicted molar refractivity (Wildman–Crippen MR) is 139 cm³/mol. The average Bonchev–Trinajstić information content (AvgIpc) is 2.80. The number of hydrogen-bond donors (Lipinski definition) is 1. The van der Waals surface area contributed by atoms with E-state index in [4.69, 9.17) is 34.8 Å². The Bertz CT molecular complexity index is 1100. The van der Waals surface area contributed by atoms with Crippen LogP contribution in [-0.4, -0.2) is 28.8 Å². The Kier molecular flexibility index (Phi) is 9.40. The quantitative estimate of drug-likeness (QED) is 0.359. The second-order valence-electron chi connectivity index (χ2n) is 8.39. The van der Waals surface area contributed by atoms with Gasteiger partial charge >= 0.3 is 0 Å². The number of nitrogens with one attached hydrogen (secondary N) is 1. The molecule has 7 heteroatoms.